The van der Waals surface area contributed by atoms with Gasteiger partial charge in [0, 0.05) is 20.3 Å². The van der Waals surface area contributed by atoms with Gasteiger partial charge in [0.1, 0.15) is 0 Å². The van der Waals surface area contributed by atoms with Gasteiger partial charge in [-0.2, -0.15) is 0 Å². The quantitative estimate of drug-likeness (QED) is 0.836. The Morgan fingerprint density at radius 3 is 2.17 bits per heavy atom. The molecule has 1 unspecified atom stereocenters. The molecule has 0 aliphatic carbocycles. The number of urea groups is 1. The summed E-state index contributed by atoms with van der Waals surface area (Å²) in [5, 5.41) is 0. The third-order valence-corrected chi connectivity index (χ3v) is 4.42. The summed E-state index contributed by atoms with van der Waals surface area (Å²) in [6.45, 7) is 0. The first-order valence-corrected chi connectivity index (χ1v) is 7.97. The second kappa shape index (κ2) is 6.69. The zero-order chi connectivity index (χ0) is 16.2. The molecule has 0 N–H and O–H groups in total. The Morgan fingerprint density at radius 2 is 1.52 bits per heavy atom. The number of hydrogen-bond acceptors (Lipinski definition) is 1. The summed E-state index contributed by atoms with van der Waals surface area (Å²) in [4.78, 5) is 15.9. The van der Waals surface area contributed by atoms with Crippen LogP contribution in [0.4, 0.5) is 4.79 Å². The van der Waals surface area contributed by atoms with Gasteiger partial charge in [0.25, 0.3) is 0 Å². The molecule has 3 nitrogen and oxygen atoms in total. The van der Waals surface area contributed by atoms with Crippen molar-refractivity contribution in [2.45, 2.75) is 18.9 Å². The molecule has 2 aromatic rings. The van der Waals surface area contributed by atoms with Gasteiger partial charge in [-0.3, -0.25) is 0 Å². The lowest BCUT2D eigenvalue weighted by atomic mass is 9.92. The number of nitrogens with zero attached hydrogens (tertiary/aromatic N) is 2. The summed E-state index contributed by atoms with van der Waals surface area (Å²) < 4.78 is 0. The predicted octanol–water partition coefficient (Wildman–Crippen LogP) is 4.03. The minimum atomic E-state index is 0.0442. The lowest BCUT2D eigenvalue weighted by Gasteiger charge is -2.37. The van der Waals surface area contributed by atoms with Crippen molar-refractivity contribution in [3.8, 4) is 0 Å². The Bertz CT molecular complexity index is 694. The molecule has 2 amide bonds. The molecule has 0 saturated carbocycles. The summed E-state index contributed by atoms with van der Waals surface area (Å²) in [5.74, 6) is 0. The van der Waals surface area contributed by atoms with Crippen molar-refractivity contribution in [1.29, 1.82) is 0 Å². The Morgan fingerprint density at radius 1 is 0.913 bits per heavy atom. The molecular formula is C20H22N2O. The largest absolute Gasteiger partial charge is 0.324 e. The third-order valence-electron chi connectivity index (χ3n) is 4.42. The van der Waals surface area contributed by atoms with E-state index in [1.54, 1.807) is 4.90 Å². The van der Waals surface area contributed by atoms with Gasteiger partial charge in [-0.1, -0.05) is 60.7 Å². The number of benzene rings is 2. The standard InChI is InChI=1S/C20H22N2O/c1-21-15-18(17-11-7-4-8-12-17)19(22(2)20(21)23)14-13-16-9-5-3-6-10-16/h3-12,15,19H,13-14H2,1-2H3. The van der Waals surface area contributed by atoms with Gasteiger partial charge in [-0.05, 0) is 29.5 Å². The molecule has 0 spiro atoms. The van der Waals surface area contributed by atoms with Crippen LogP contribution in [0.2, 0.25) is 0 Å². The van der Waals surface area contributed by atoms with Gasteiger partial charge in [-0.25, -0.2) is 4.79 Å². The normalized spacial score (nSPS) is 18.1. The van der Waals surface area contributed by atoms with E-state index in [0.29, 0.717) is 0 Å². The summed E-state index contributed by atoms with van der Waals surface area (Å²) in [6, 6.07) is 20.9. The highest BCUT2D eigenvalue weighted by atomic mass is 16.2. The fraction of sp³-hybridized carbons (Fsp3) is 0.250. The average molecular weight is 306 g/mol. The van der Waals surface area contributed by atoms with E-state index in [1.807, 2.05) is 49.5 Å². The van der Waals surface area contributed by atoms with E-state index < -0.39 is 0 Å². The lowest BCUT2D eigenvalue weighted by Crippen LogP contribution is -2.47. The average Bonchev–Trinajstić information content (AvgIpc) is 2.60. The number of carbonyl (C=O) groups is 1. The molecular weight excluding hydrogens is 284 g/mol. The number of likely N-dealkylation sites (N-methyl/N-ethyl adjacent to an activating group) is 1. The molecule has 1 aliphatic heterocycles. The predicted molar refractivity (Wildman–Crippen MR) is 93.9 cm³/mol. The molecule has 0 bridgehead atoms. The first kappa shape index (κ1) is 15.3. The maximum absolute atomic E-state index is 12.3. The molecule has 0 saturated heterocycles. The van der Waals surface area contributed by atoms with Crippen LogP contribution in [0.5, 0.6) is 0 Å². The van der Waals surface area contributed by atoms with Crippen LogP contribution in [0.1, 0.15) is 17.5 Å². The molecule has 0 radical (unpaired) electrons. The number of aryl methyl sites for hydroxylation is 1. The van der Waals surface area contributed by atoms with Crippen LogP contribution in [-0.2, 0) is 6.42 Å². The summed E-state index contributed by atoms with van der Waals surface area (Å²) in [6.07, 6.45) is 3.85. The highest BCUT2D eigenvalue weighted by molar-refractivity contribution is 5.85. The molecule has 0 fully saturated rings. The van der Waals surface area contributed by atoms with E-state index in [-0.39, 0.29) is 12.1 Å². The van der Waals surface area contributed by atoms with Crippen molar-refractivity contribution in [3.63, 3.8) is 0 Å². The Labute approximate surface area is 137 Å². The highest BCUT2D eigenvalue weighted by Gasteiger charge is 2.30. The van der Waals surface area contributed by atoms with Gasteiger partial charge in [0.2, 0.25) is 0 Å². The Hall–Kier alpha value is -2.55. The smallest absolute Gasteiger partial charge is 0.320 e. The summed E-state index contributed by atoms with van der Waals surface area (Å²) >= 11 is 0. The Balaban J connectivity index is 1.87. The van der Waals surface area contributed by atoms with Crippen molar-refractivity contribution < 1.29 is 4.79 Å². The summed E-state index contributed by atoms with van der Waals surface area (Å²) in [5.41, 5.74) is 3.68. The third kappa shape index (κ3) is 3.29. The van der Waals surface area contributed by atoms with Crippen molar-refractivity contribution >= 4 is 11.6 Å². The maximum atomic E-state index is 12.3. The van der Waals surface area contributed by atoms with Crippen LogP contribution in [0.15, 0.2) is 66.9 Å². The monoisotopic (exact) mass is 306 g/mol. The molecule has 118 valence electrons. The molecule has 23 heavy (non-hydrogen) atoms. The first-order chi connectivity index (χ1) is 11.2. The van der Waals surface area contributed by atoms with Gasteiger partial charge in [-0.15, -0.1) is 0 Å². The van der Waals surface area contributed by atoms with E-state index in [2.05, 4.69) is 36.4 Å². The lowest BCUT2D eigenvalue weighted by molar-refractivity contribution is 0.171. The van der Waals surface area contributed by atoms with E-state index in [0.717, 1.165) is 12.8 Å². The molecule has 0 aromatic heterocycles. The zero-order valence-corrected chi connectivity index (χ0v) is 13.6. The van der Waals surface area contributed by atoms with Crippen molar-refractivity contribution in [2.75, 3.05) is 14.1 Å². The Kier molecular flexibility index (Phi) is 4.47. The molecule has 1 aliphatic rings. The molecule has 1 atom stereocenters. The van der Waals surface area contributed by atoms with E-state index in [4.69, 9.17) is 0 Å². The van der Waals surface area contributed by atoms with Gasteiger partial charge in [0.05, 0.1) is 6.04 Å². The molecule has 3 heteroatoms. The van der Waals surface area contributed by atoms with Crippen molar-refractivity contribution in [2.24, 2.45) is 0 Å². The van der Waals surface area contributed by atoms with E-state index >= 15 is 0 Å². The van der Waals surface area contributed by atoms with Gasteiger partial charge >= 0.3 is 6.03 Å². The minimum Gasteiger partial charge on any atom is -0.320 e. The van der Waals surface area contributed by atoms with E-state index in [9.17, 15) is 4.79 Å². The highest BCUT2D eigenvalue weighted by Crippen LogP contribution is 2.29. The maximum Gasteiger partial charge on any atom is 0.324 e. The van der Waals surface area contributed by atoms with Crippen LogP contribution in [0, 0.1) is 0 Å². The van der Waals surface area contributed by atoms with Gasteiger partial charge < -0.3 is 9.80 Å². The first-order valence-electron chi connectivity index (χ1n) is 7.97. The number of amides is 2. The topological polar surface area (TPSA) is 23.6 Å². The number of hydrogen-bond donors (Lipinski definition) is 0. The molecule has 2 aromatic carbocycles. The number of rotatable bonds is 4. The van der Waals surface area contributed by atoms with Crippen LogP contribution in [0.3, 0.4) is 0 Å². The van der Waals surface area contributed by atoms with Crippen LogP contribution >= 0.6 is 0 Å². The number of carbonyl (C=O) groups excluding carboxylic acids is 1. The van der Waals surface area contributed by atoms with Crippen molar-refractivity contribution in [1.82, 2.24) is 9.80 Å². The minimum absolute atomic E-state index is 0.0442. The van der Waals surface area contributed by atoms with Crippen LogP contribution in [0.25, 0.3) is 5.57 Å². The zero-order valence-electron chi connectivity index (χ0n) is 13.6. The second-order valence-electron chi connectivity index (χ2n) is 5.99. The van der Waals surface area contributed by atoms with Crippen molar-refractivity contribution in [3.05, 3.63) is 78.0 Å². The SMILES string of the molecule is CN1C=C(c2ccccc2)C(CCc2ccccc2)N(C)C1=O. The second-order valence-corrected chi connectivity index (χ2v) is 5.99. The molecule has 3 rings (SSSR count). The van der Waals surface area contributed by atoms with E-state index in [1.165, 1.54) is 16.7 Å². The van der Waals surface area contributed by atoms with Gasteiger partial charge in [0.15, 0.2) is 0 Å². The van der Waals surface area contributed by atoms with Crippen LogP contribution < -0.4 is 0 Å². The summed E-state index contributed by atoms with van der Waals surface area (Å²) in [7, 11) is 3.71. The fourth-order valence-corrected chi connectivity index (χ4v) is 3.14. The van der Waals surface area contributed by atoms with Crippen LogP contribution in [-0.4, -0.2) is 36.0 Å². The fourth-order valence-electron chi connectivity index (χ4n) is 3.14. The molecule has 1 heterocycles.